The van der Waals surface area contributed by atoms with Gasteiger partial charge in [-0.3, -0.25) is 15.3 Å². The van der Waals surface area contributed by atoms with E-state index < -0.39 is 6.03 Å². The van der Waals surface area contributed by atoms with Crippen molar-refractivity contribution < 1.29 is 9.53 Å². The summed E-state index contributed by atoms with van der Waals surface area (Å²) >= 11 is 0. The number of nitrogens with two attached hydrogens (primary N) is 1. The van der Waals surface area contributed by atoms with Crippen molar-refractivity contribution in [2.45, 2.75) is 12.8 Å². The van der Waals surface area contributed by atoms with Crippen molar-refractivity contribution in [2.24, 2.45) is 5.73 Å². The van der Waals surface area contributed by atoms with Gasteiger partial charge < -0.3 is 15.8 Å². The van der Waals surface area contributed by atoms with E-state index in [4.69, 9.17) is 15.9 Å². The molecule has 0 fully saturated rings. The number of amides is 2. The van der Waals surface area contributed by atoms with E-state index in [0.29, 0.717) is 32.7 Å². The third-order valence-electron chi connectivity index (χ3n) is 3.75. The van der Waals surface area contributed by atoms with Crippen LogP contribution in [0, 0.1) is 5.41 Å². The molecule has 2 rings (SSSR count). The number of guanidine groups is 1. The monoisotopic (exact) mass is 355 g/mol. The van der Waals surface area contributed by atoms with Crippen LogP contribution in [0.5, 0.6) is 0 Å². The van der Waals surface area contributed by atoms with Gasteiger partial charge in [0.05, 0.1) is 13.2 Å². The fourth-order valence-corrected chi connectivity index (χ4v) is 2.37. The number of ether oxygens (including phenoxy) is 1. The van der Waals surface area contributed by atoms with Gasteiger partial charge in [-0.05, 0) is 24.1 Å². The molecule has 138 valence electrons. The Morgan fingerprint density at radius 3 is 2.58 bits per heavy atom. The van der Waals surface area contributed by atoms with Crippen LogP contribution in [0.25, 0.3) is 0 Å². The minimum absolute atomic E-state index is 0.288. The molecular weight excluding hydrogens is 330 g/mol. The van der Waals surface area contributed by atoms with Crippen LogP contribution >= 0.6 is 0 Å². The van der Waals surface area contributed by atoms with Crippen LogP contribution in [0.1, 0.15) is 11.3 Å². The number of rotatable bonds is 9. The first-order valence-electron chi connectivity index (χ1n) is 8.58. The minimum Gasteiger partial charge on any atom is -0.379 e. The minimum atomic E-state index is -0.403. The third-order valence-corrected chi connectivity index (χ3v) is 3.75. The highest BCUT2D eigenvalue weighted by molar-refractivity contribution is 5.93. The van der Waals surface area contributed by atoms with Crippen LogP contribution in [-0.4, -0.2) is 48.2 Å². The number of aromatic nitrogens is 1. The Balaban J connectivity index is 1.64. The zero-order valence-corrected chi connectivity index (χ0v) is 14.7. The molecule has 1 aromatic heterocycles. The second-order valence-electron chi connectivity index (χ2n) is 5.69. The molecule has 0 aliphatic carbocycles. The highest BCUT2D eigenvalue weighted by Gasteiger charge is 2.15. The lowest BCUT2D eigenvalue weighted by molar-refractivity contribution is 0.138. The maximum absolute atomic E-state index is 12.2. The number of carbonyl (C=O) groups is 1. The Morgan fingerprint density at radius 2 is 1.88 bits per heavy atom. The Labute approximate surface area is 153 Å². The molecule has 0 radical (unpaired) electrons. The van der Waals surface area contributed by atoms with Crippen molar-refractivity contribution in [3.63, 3.8) is 0 Å². The van der Waals surface area contributed by atoms with Gasteiger partial charge in [0.1, 0.15) is 0 Å². The molecule has 0 saturated carbocycles. The lowest BCUT2D eigenvalue weighted by atomic mass is 10.2. The van der Waals surface area contributed by atoms with Gasteiger partial charge in [0, 0.05) is 31.4 Å². The Kier molecular flexibility index (Phi) is 8.08. The first kappa shape index (κ1) is 19.4. The average Bonchev–Trinajstić information content (AvgIpc) is 2.66. The molecule has 0 aliphatic rings. The summed E-state index contributed by atoms with van der Waals surface area (Å²) in [6.07, 6.45) is 3.06. The van der Waals surface area contributed by atoms with E-state index in [1.165, 1.54) is 10.5 Å². The van der Waals surface area contributed by atoms with Crippen LogP contribution in [0.3, 0.4) is 0 Å². The molecule has 2 amide bonds. The first-order valence-corrected chi connectivity index (χ1v) is 8.58. The largest absolute Gasteiger partial charge is 0.379 e. The van der Waals surface area contributed by atoms with Gasteiger partial charge in [-0.15, -0.1) is 0 Å². The van der Waals surface area contributed by atoms with E-state index in [-0.39, 0.29) is 5.96 Å². The molecule has 0 saturated heterocycles. The molecule has 0 atom stereocenters. The molecule has 7 nitrogen and oxygen atoms in total. The fraction of sp³-hybridized carbons (Fsp3) is 0.316. The lowest BCUT2D eigenvalue weighted by Crippen LogP contribution is -2.48. The fourth-order valence-electron chi connectivity index (χ4n) is 2.37. The lowest BCUT2D eigenvalue weighted by Gasteiger charge is -2.21. The quantitative estimate of drug-likeness (QED) is 0.362. The smallest absolute Gasteiger partial charge is 0.324 e. The van der Waals surface area contributed by atoms with E-state index in [2.05, 4.69) is 22.4 Å². The van der Waals surface area contributed by atoms with Crippen LogP contribution < -0.4 is 11.1 Å². The van der Waals surface area contributed by atoms with Gasteiger partial charge in [0.2, 0.25) is 0 Å². The molecule has 4 N–H and O–H groups in total. The van der Waals surface area contributed by atoms with E-state index in [9.17, 15) is 4.79 Å². The molecule has 0 bridgehead atoms. The van der Waals surface area contributed by atoms with Crippen molar-refractivity contribution in [3.05, 3.63) is 66.0 Å². The molecule has 1 heterocycles. The summed E-state index contributed by atoms with van der Waals surface area (Å²) in [5.41, 5.74) is 7.57. The SMILES string of the molecule is N=C(N)N(CCc1ccccn1)C(=O)NCCOCCc1ccccc1. The molecule has 0 unspecified atom stereocenters. The van der Waals surface area contributed by atoms with Gasteiger partial charge >= 0.3 is 6.03 Å². The van der Waals surface area contributed by atoms with Crippen LogP contribution in [-0.2, 0) is 17.6 Å². The summed E-state index contributed by atoms with van der Waals surface area (Å²) in [5.74, 6) is -0.288. The standard InChI is InChI=1S/C19H25N5O2/c20-18(21)24(13-9-17-8-4-5-11-22-17)19(25)23-12-15-26-14-10-16-6-2-1-3-7-16/h1-8,11H,9-10,12-15H2,(H3,20,21)(H,23,25). The molecular formula is C19H25N5O2. The number of nitrogens with one attached hydrogen (secondary N) is 2. The van der Waals surface area contributed by atoms with Crippen molar-refractivity contribution in [1.29, 1.82) is 5.41 Å². The number of carbonyl (C=O) groups excluding carboxylic acids is 1. The number of urea groups is 1. The topological polar surface area (TPSA) is 104 Å². The van der Waals surface area contributed by atoms with Crippen molar-refractivity contribution in [2.75, 3.05) is 26.3 Å². The molecule has 0 aliphatic heterocycles. The summed E-state index contributed by atoms with van der Waals surface area (Å²) in [4.78, 5) is 17.6. The molecule has 0 spiro atoms. The van der Waals surface area contributed by atoms with Gasteiger partial charge in [-0.1, -0.05) is 36.4 Å². The number of hydrogen-bond donors (Lipinski definition) is 3. The van der Waals surface area contributed by atoms with E-state index in [0.717, 1.165) is 12.1 Å². The van der Waals surface area contributed by atoms with Gasteiger partial charge in [0.15, 0.2) is 5.96 Å². The van der Waals surface area contributed by atoms with Gasteiger partial charge in [-0.2, -0.15) is 0 Å². The summed E-state index contributed by atoms with van der Waals surface area (Å²) in [5, 5.41) is 10.3. The van der Waals surface area contributed by atoms with Crippen LogP contribution in [0.4, 0.5) is 4.79 Å². The van der Waals surface area contributed by atoms with Crippen molar-refractivity contribution in [3.8, 4) is 0 Å². The molecule has 1 aromatic carbocycles. The first-order chi connectivity index (χ1) is 12.7. The molecule has 26 heavy (non-hydrogen) atoms. The Bertz CT molecular complexity index is 679. The van der Waals surface area contributed by atoms with Crippen molar-refractivity contribution in [1.82, 2.24) is 15.2 Å². The highest BCUT2D eigenvalue weighted by Crippen LogP contribution is 2.00. The van der Waals surface area contributed by atoms with E-state index >= 15 is 0 Å². The Morgan fingerprint density at radius 1 is 1.12 bits per heavy atom. The highest BCUT2D eigenvalue weighted by atomic mass is 16.5. The number of nitrogens with zero attached hydrogens (tertiary/aromatic N) is 2. The summed E-state index contributed by atoms with van der Waals surface area (Å²) in [6.45, 7) is 1.66. The number of hydrogen-bond acceptors (Lipinski definition) is 4. The van der Waals surface area contributed by atoms with E-state index in [1.807, 2.05) is 36.4 Å². The van der Waals surface area contributed by atoms with Gasteiger partial charge in [-0.25, -0.2) is 4.79 Å². The Hall–Kier alpha value is -2.93. The summed E-state index contributed by atoms with van der Waals surface area (Å²) in [6, 6.07) is 15.3. The average molecular weight is 355 g/mol. The second kappa shape index (κ2) is 10.8. The van der Waals surface area contributed by atoms with E-state index in [1.54, 1.807) is 6.20 Å². The summed E-state index contributed by atoms with van der Waals surface area (Å²) < 4.78 is 5.53. The predicted molar refractivity (Wildman–Crippen MR) is 101 cm³/mol. The van der Waals surface area contributed by atoms with Crippen LogP contribution in [0.15, 0.2) is 54.7 Å². The maximum Gasteiger partial charge on any atom is 0.324 e. The third kappa shape index (κ3) is 6.90. The predicted octanol–water partition coefficient (Wildman–Crippen LogP) is 1.79. The van der Waals surface area contributed by atoms with Crippen molar-refractivity contribution >= 4 is 12.0 Å². The summed E-state index contributed by atoms with van der Waals surface area (Å²) in [7, 11) is 0. The zero-order chi connectivity index (χ0) is 18.6. The normalized spacial score (nSPS) is 10.3. The molecule has 2 aromatic rings. The van der Waals surface area contributed by atoms with Crippen LogP contribution in [0.2, 0.25) is 0 Å². The zero-order valence-electron chi connectivity index (χ0n) is 14.7. The second-order valence-corrected chi connectivity index (χ2v) is 5.69. The number of benzene rings is 1. The maximum atomic E-state index is 12.2. The molecule has 7 heteroatoms. The van der Waals surface area contributed by atoms with Gasteiger partial charge in [0.25, 0.3) is 0 Å². The number of pyridine rings is 1.